The van der Waals surface area contributed by atoms with E-state index in [9.17, 15) is 9.59 Å². The number of hydrogen-bond donors (Lipinski definition) is 3. The minimum Gasteiger partial charge on any atom is -0.481 e. The second kappa shape index (κ2) is 5.69. The predicted molar refractivity (Wildman–Crippen MR) is 66.8 cm³/mol. The molecule has 5 nitrogen and oxygen atoms in total. The van der Waals surface area contributed by atoms with Crippen LogP contribution in [0.2, 0.25) is 0 Å². The molecule has 3 unspecified atom stereocenters. The van der Waals surface area contributed by atoms with Crippen LogP contribution in [0.25, 0.3) is 0 Å². The molecule has 1 amide bonds. The highest BCUT2D eigenvalue weighted by atomic mass is 16.4. The fourth-order valence-electron chi connectivity index (χ4n) is 2.80. The van der Waals surface area contributed by atoms with Crippen molar-refractivity contribution in [1.82, 2.24) is 5.32 Å². The van der Waals surface area contributed by atoms with Gasteiger partial charge in [0.1, 0.15) is 0 Å². The van der Waals surface area contributed by atoms with Gasteiger partial charge in [0.15, 0.2) is 0 Å². The van der Waals surface area contributed by atoms with Crippen LogP contribution in [0.4, 0.5) is 0 Å². The molecule has 2 aliphatic rings. The smallest absolute Gasteiger partial charge is 0.305 e. The molecular formula is C13H22N2O3. The number of carbonyl (C=O) groups is 2. The lowest BCUT2D eigenvalue weighted by molar-refractivity contribution is -0.138. The minimum atomic E-state index is -0.847. The molecule has 4 N–H and O–H groups in total. The van der Waals surface area contributed by atoms with Crippen molar-refractivity contribution in [3.05, 3.63) is 0 Å². The van der Waals surface area contributed by atoms with Gasteiger partial charge in [0.05, 0.1) is 12.3 Å². The van der Waals surface area contributed by atoms with Crippen molar-refractivity contribution in [2.24, 2.45) is 17.6 Å². The fourth-order valence-corrected chi connectivity index (χ4v) is 2.80. The van der Waals surface area contributed by atoms with Gasteiger partial charge in [-0.2, -0.15) is 0 Å². The predicted octanol–water partition coefficient (Wildman–Crippen LogP) is 0.873. The van der Waals surface area contributed by atoms with Gasteiger partial charge in [-0.25, -0.2) is 0 Å². The molecule has 2 saturated carbocycles. The van der Waals surface area contributed by atoms with Crippen molar-refractivity contribution in [2.45, 2.75) is 57.0 Å². The first-order chi connectivity index (χ1) is 8.58. The van der Waals surface area contributed by atoms with Gasteiger partial charge in [0.25, 0.3) is 0 Å². The van der Waals surface area contributed by atoms with Gasteiger partial charge >= 0.3 is 5.97 Å². The van der Waals surface area contributed by atoms with Crippen LogP contribution in [0, 0.1) is 11.8 Å². The van der Waals surface area contributed by atoms with Crippen molar-refractivity contribution in [1.29, 1.82) is 0 Å². The number of carboxylic acids is 1. The molecule has 0 spiro atoms. The topological polar surface area (TPSA) is 92.4 Å². The zero-order valence-corrected chi connectivity index (χ0v) is 10.6. The number of nitrogens with two attached hydrogens (primary N) is 1. The maximum Gasteiger partial charge on any atom is 0.305 e. The summed E-state index contributed by atoms with van der Waals surface area (Å²) in [7, 11) is 0. The van der Waals surface area contributed by atoms with Gasteiger partial charge in [0.2, 0.25) is 5.91 Å². The Kier molecular flexibility index (Phi) is 4.22. The largest absolute Gasteiger partial charge is 0.481 e. The van der Waals surface area contributed by atoms with E-state index in [1.54, 1.807) is 0 Å². The number of carboxylic acid groups (broad SMARTS) is 1. The Labute approximate surface area is 107 Å². The summed E-state index contributed by atoms with van der Waals surface area (Å²) >= 11 is 0. The first-order valence-electron chi connectivity index (χ1n) is 6.85. The van der Waals surface area contributed by atoms with E-state index in [-0.39, 0.29) is 30.3 Å². The molecule has 2 aliphatic carbocycles. The van der Waals surface area contributed by atoms with Crippen LogP contribution in [0.1, 0.15) is 44.9 Å². The monoisotopic (exact) mass is 254 g/mol. The zero-order valence-electron chi connectivity index (χ0n) is 10.6. The molecule has 0 aromatic heterocycles. The third kappa shape index (κ3) is 3.45. The van der Waals surface area contributed by atoms with Crippen LogP contribution in [0.5, 0.6) is 0 Å². The summed E-state index contributed by atoms with van der Waals surface area (Å²) in [4.78, 5) is 22.9. The summed E-state index contributed by atoms with van der Waals surface area (Å²) < 4.78 is 0. The van der Waals surface area contributed by atoms with Gasteiger partial charge in [-0.3, -0.25) is 9.59 Å². The van der Waals surface area contributed by atoms with E-state index in [1.807, 2.05) is 0 Å². The SMILES string of the molecule is NC1CCCCC1C(=O)NC(CC(=O)O)C1CC1. The summed E-state index contributed by atoms with van der Waals surface area (Å²) in [5.41, 5.74) is 5.97. The fraction of sp³-hybridized carbons (Fsp3) is 0.846. The maximum absolute atomic E-state index is 12.1. The summed E-state index contributed by atoms with van der Waals surface area (Å²) in [5.74, 6) is -0.667. The van der Waals surface area contributed by atoms with Crippen LogP contribution < -0.4 is 11.1 Å². The van der Waals surface area contributed by atoms with E-state index in [0.29, 0.717) is 5.92 Å². The number of hydrogen-bond acceptors (Lipinski definition) is 3. The van der Waals surface area contributed by atoms with E-state index in [0.717, 1.165) is 38.5 Å². The molecule has 102 valence electrons. The van der Waals surface area contributed by atoms with E-state index in [1.165, 1.54) is 0 Å². The summed E-state index contributed by atoms with van der Waals surface area (Å²) in [6.45, 7) is 0. The van der Waals surface area contributed by atoms with Crippen LogP contribution in [-0.2, 0) is 9.59 Å². The number of rotatable bonds is 5. The van der Waals surface area contributed by atoms with Gasteiger partial charge in [0, 0.05) is 12.1 Å². The third-order valence-electron chi connectivity index (χ3n) is 4.07. The molecule has 5 heteroatoms. The second-order valence-corrected chi connectivity index (χ2v) is 5.61. The van der Waals surface area contributed by atoms with E-state index in [4.69, 9.17) is 10.8 Å². The molecular weight excluding hydrogens is 232 g/mol. The molecule has 0 saturated heterocycles. The maximum atomic E-state index is 12.1. The average molecular weight is 254 g/mol. The van der Waals surface area contributed by atoms with Crippen molar-refractivity contribution < 1.29 is 14.7 Å². The second-order valence-electron chi connectivity index (χ2n) is 5.61. The summed E-state index contributed by atoms with van der Waals surface area (Å²) in [5, 5.41) is 11.8. The molecule has 0 bridgehead atoms. The Bertz CT molecular complexity index is 328. The number of amides is 1. The van der Waals surface area contributed by atoms with Crippen molar-refractivity contribution in [2.75, 3.05) is 0 Å². The Hall–Kier alpha value is -1.10. The third-order valence-corrected chi connectivity index (χ3v) is 4.07. The lowest BCUT2D eigenvalue weighted by Crippen LogP contribution is -2.48. The molecule has 0 radical (unpaired) electrons. The quantitative estimate of drug-likeness (QED) is 0.679. The van der Waals surface area contributed by atoms with Crippen molar-refractivity contribution >= 4 is 11.9 Å². The molecule has 0 heterocycles. The minimum absolute atomic E-state index is 0.0262. The van der Waals surface area contributed by atoms with Gasteiger partial charge in [-0.15, -0.1) is 0 Å². The molecule has 2 rings (SSSR count). The van der Waals surface area contributed by atoms with Crippen LogP contribution in [-0.4, -0.2) is 29.1 Å². The van der Waals surface area contributed by atoms with Crippen LogP contribution in [0.3, 0.4) is 0 Å². The Morgan fingerprint density at radius 2 is 1.89 bits per heavy atom. The van der Waals surface area contributed by atoms with Crippen LogP contribution >= 0.6 is 0 Å². The molecule has 0 aliphatic heterocycles. The summed E-state index contributed by atoms with van der Waals surface area (Å²) in [6.07, 6.45) is 5.93. The normalized spacial score (nSPS) is 29.6. The first kappa shape index (κ1) is 13.3. The molecule has 2 fully saturated rings. The average Bonchev–Trinajstić information content (AvgIpc) is 3.11. The summed E-state index contributed by atoms with van der Waals surface area (Å²) in [6, 6.07) is -0.271. The van der Waals surface area contributed by atoms with E-state index in [2.05, 4.69) is 5.32 Å². The highest BCUT2D eigenvalue weighted by Gasteiger charge is 2.36. The zero-order chi connectivity index (χ0) is 13.1. The number of aliphatic carboxylic acids is 1. The van der Waals surface area contributed by atoms with Gasteiger partial charge < -0.3 is 16.2 Å². The standard InChI is InChI=1S/C13H22N2O3/c14-10-4-2-1-3-9(10)13(18)15-11(7-12(16)17)8-5-6-8/h8-11H,1-7,14H2,(H,15,18)(H,16,17). The number of nitrogens with one attached hydrogen (secondary N) is 1. The van der Waals surface area contributed by atoms with Crippen molar-refractivity contribution in [3.63, 3.8) is 0 Å². The highest BCUT2D eigenvalue weighted by molar-refractivity contribution is 5.80. The molecule has 18 heavy (non-hydrogen) atoms. The lowest BCUT2D eigenvalue weighted by Gasteiger charge is -2.29. The number of carbonyl (C=O) groups excluding carboxylic acids is 1. The van der Waals surface area contributed by atoms with E-state index < -0.39 is 5.97 Å². The highest BCUT2D eigenvalue weighted by Crippen LogP contribution is 2.34. The van der Waals surface area contributed by atoms with Crippen LogP contribution in [0.15, 0.2) is 0 Å². The first-order valence-corrected chi connectivity index (χ1v) is 6.85. The molecule has 3 atom stereocenters. The van der Waals surface area contributed by atoms with Gasteiger partial charge in [-0.05, 0) is 31.6 Å². The Balaban J connectivity index is 1.89. The van der Waals surface area contributed by atoms with Gasteiger partial charge in [-0.1, -0.05) is 12.8 Å². The lowest BCUT2D eigenvalue weighted by atomic mass is 9.84. The Morgan fingerprint density at radius 3 is 2.44 bits per heavy atom. The Morgan fingerprint density at radius 1 is 1.22 bits per heavy atom. The van der Waals surface area contributed by atoms with Crippen molar-refractivity contribution in [3.8, 4) is 0 Å². The van der Waals surface area contributed by atoms with E-state index >= 15 is 0 Å². The molecule has 0 aromatic rings. The molecule has 0 aromatic carbocycles.